The zero-order chi connectivity index (χ0) is 13.0. The highest BCUT2D eigenvalue weighted by Gasteiger charge is 2.12. The average molecular weight is 246 g/mol. The maximum atomic E-state index is 9.89. The molecule has 0 bridgehead atoms. The second-order valence-corrected chi connectivity index (χ2v) is 3.71. The van der Waals surface area contributed by atoms with Crippen molar-refractivity contribution in [2.75, 3.05) is 7.11 Å². The fraction of sp³-hybridized carbons (Fsp3) is 0.143. The van der Waals surface area contributed by atoms with E-state index in [1.165, 1.54) is 13.2 Å². The van der Waals surface area contributed by atoms with Crippen molar-refractivity contribution in [2.24, 2.45) is 0 Å². The van der Waals surface area contributed by atoms with E-state index in [4.69, 9.17) is 9.47 Å². The lowest BCUT2D eigenvalue weighted by Gasteiger charge is -2.14. The van der Waals surface area contributed by atoms with E-state index >= 15 is 0 Å². The summed E-state index contributed by atoms with van der Waals surface area (Å²) >= 11 is 0. The van der Waals surface area contributed by atoms with Crippen molar-refractivity contribution in [2.45, 2.75) is 6.29 Å². The molecule has 4 heteroatoms. The largest absolute Gasteiger partial charge is 0.504 e. The van der Waals surface area contributed by atoms with Crippen LogP contribution in [0.4, 0.5) is 0 Å². The second-order valence-electron chi connectivity index (χ2n) is 3.71. The summed E-state index contributed by atoms with van der Waals surface area (Å²) < 4.78 is 10.3. The number of methoxy groups -OCH3 is 1. The molecule has 0 fully saturated rings. The Kier molecular flexibility index (Phi) is 3.69. The minimum Gasteiger partial charge on any atom is -0.504 e. The highest BCUT2D eigenvalue weighted by molar-refractivity contribution is 5.42. The van der Waals surface area contributed by atoms with E-state index in [0.29, 0.717) is 17.1 Å². The Hall–Kier alpha value is -2.20. The number of phenolic OH excluding ortho intramolecular Hbond substituents is 1. The fourth-order valence-corrected chi connectivity index (χ4v) is 1.56. The first kappa shape index (κ1) is 12.3. The summed E-state index contributed by atoms with van der Waals surface area (Å²) in [6.45, 7) is 0. The number of aliphatic hydroxyl groups is 1. The minimum absolute atomic E-state index is 0.0364. The van der Waals surface area contributed by atoms with Crippen molar-refractivity contribution in [1.29, 1.82) is 0 Å². The molecule has 0 aromatic heterocycles. The number of benzene rings is 2. The molecule has 0 aliphatic carbocycles. The third-order valence-corrected chi connectivity index (χ3v) is 2.48. The summed E-state index contributed by atoms with van der Waals surface area (Å²) in [6.07, 6.45) is -1.13. The molecule has 0 aliphatic rings. The van der Waals surface area contributed by atoms with Crippen LogP contribution in [0.25, 0.3) is 0 Å². The first-order valence-corrected chi connectivity index (χ1v) is 5.47. The number of phenols is 1. The number of aliphatic hydroxyl groups excluding tert-OH is 1. The fourth-order valence-electron chi connectivity index (χ4n) is 1.56. The molecular formula is C14H14O4. The van der Waals surface area contributed by atoms with Crippen LogP contribution in [0.3, 0.4) is 0 Å². The quantitative estimate of drug-likeness (QED) is 0.814. The predicted octanol–water partition coefficient (Wildman–Crippen LogP) is 2.47. The van der Waals surface area contributed by atoms with E-state index in [0.717, 1.165) is 0 Å². The maximum absolute atomic E-state index is 9.89. The number of hydrogen-bond donors (Lipinski definition) is 2. The van der Waals surface area contributed by atoms with E-state index in [2.05, 4.69) is 0 Å². The van der Waals surface area contributed by atoms with Crippen molar-refractivity contribution in [3.05, 3.63) is 54.1 Å². The number of ether oxygens (including phenoxy) is 2. The molecule has 0 saturated carbocycles. The van der Waals surface area contributed by atoms with Crippen LogP contribution in [-0.2, 0) is 0 Å². The van der Waals surface area contributed by atoms with Crippen molar-refractivity contribution < 1.29 is 19.7 Å². The van der Waals surface area contributed by atoms with Gasteiger partial charge in [-0.05, 0) is 30.3 Å². The summed E-state index contributed by atoms with van der Waals surface area (Å²) in [5.41, 5.74) is 0.456. The molecule has 18 heavy (non-hydrogen) atoms. The molecule has 0 amide bonds. The van der Waals surface area contributed by atoms with E-state index in [-0.39, 0.29) is 5.75 Å². The van der Waals surface area contributed by atoms with Crippen molar-refractivity contribution in [1.82, 2.24) is 0 Å². The van der Waals surface area contributed by atoms with Gasteiger partial charge in [-0.2, -0.15) is 0 Å². The van der Waals surface area contributed by atoms with Crippen LogP contribution in [0, 0.1) is 0 Å². The molecular weight excluding hydrogens is 232 g/mol. The minimum atomic E-state index is -1.13. The van der Waals surface area contributed by atoms with Crippen molar-refractivity contribution in [3.63, 3.8) is 0 Å². The maximum Gasteiger partial charge on any atom is 0.224 e. The summed E-state index contributed by atoms with van der Waals surface area (Å²) in [4.78, 5) is 0. The van der Waals surface area contributed by atoms with E-state index < -0.39 is 6.29 Å². The molecule has 94 valence electrons. The van der Waals surface area contributed by atoms with Gasteiger partial charge in [0, 0.05) is 5.56 Å². The highest BCUT2D eigenvalue weighted by atomic mass is 16.6. The van der Waals surface area contributed by atoms with Gasteiger partial charge in [0.25, 0.3) is 0 Å². The van der Waals surface area contributed by atoms with Crippen LogP contribution in [0.1, 0.15) is 11.9 Å². The second kappa shape index (κ2) is 5.42. The molecule has 1 atom stereocenters. The van der Waals surface area contributed by atoms with Crippen LogP contribution >= 0.6 is 0 Å². The molecule has 0 heterocycles. The Morgan fingerprint density at radius 2 is 1.78 bits per heavy atom. The van der Waals surface area contributed by atoms with Gasteiger partial charge in [0.2, 0.25) is 6.29 Å². The standard InChI is InChI=1S/C14H14O4/c1-17-13-8-7-10(9-12(13)15)14(16)18-11-5-3-2-4-6-11/h2-9,14-16H,1H3. The van der Waals surface area contributed by atoms with Gasteiger partial charge in [0.15, 0.2) is 11.5 Å². The van der Waals surface area contributed by atoms with Gasteiger partial charge < -0.3 is 19.7 Å². The van der Waals surface area contributed by atoms with E-state index in [9.17, 15) is 10.2 Å². The Bertz CT molecular complexity index is 510. The lowest BCUT2D eigenvalue weighted by atomic mass is 10.2. The van der Waals surface area contributed by atoms with Crippen LogP contribution in [0.2, 0.25) is 0 Å². The van der Waals surface area contributed by atoms with Crippen LogP contribution in [-0.4, -0.2) is 17.3 Å². The van der Waals surface area contributed by atoms with Crippen molar-refractivity contribution in [3.8, 4) is 17.2 Å². The van der Waals surface area contributed by atoms with Gasteiger partial charge in [0.1, 0.15) is 5.75 Å². The van der Waals surface area contributed by atoms with Gasteiger partial charge in [-0.3, -0.25) is 0 Å². The average Bonchev–Trinajstić information content (AvgIpc) is 2.39. The summed E-state index contributed by atoms with van der Waals surface area (Å²) in [5, 5.41) is 19.5. The smallest absolute Gasteiger partial charge is 0.224 e. The molecule has 2 rings (SSSR count). The van der Waals surface area contributed by atoms with E-state index in [1.54, 1.807) is 24.3 Å². The van der Waals surface area contributed by atoms with Gasteiger partial charge in [-0.25, -0.2) is 0 Å². The molecule has 2 N–H and O–H groups in total. The topological polar surface area (TPSA) is 58.9 Å². The lowest BCUT2D eigenvalue weighted by molar-refractivity contribution is -0.0196. The Balaban J connectivity index is 2.14. The molecule has 0 radical (unpaired) electrons. The summed E-state index contributed by atoms with van der Waals surface area (Å²) in [6, 6.07) is 13.6. The number of aromatic hydroxyl groups is 1. The molecule has 2 aromatic rings. The number of rotatable bonds is 4. The SMILES string of the molecule is COc1ccc(C(O)Oc2ccccc2)cc1O. The van der Waals surface area contributed by atoms with Crippen LogP contribution < -0.4 is 9.47 Å². The van der Waals surface area contributed by atoms with Gasteiger partial charge in [-0.15, -0.1) is 0 Å². The van der Waals surface area contributed by atoms with Crippen LogP contribution in [0.5, 0.6) is 17.2 Å². The van der Waals surface area contributed by atoms with Gasteiger partial charge in [0.05, 0.1) is 7.11 Å². The Morgan fingerprint density at radius 1 is 1.06 bits per heavy atom. The molecule has 0 spiro atoms. The van der Waals surface area contributed by atoms with Gasteiger partial charge in [-0.1, -0.05) is 18.2 Å². The molecule has 4 nitrogen and oxygen atoms in total. The molecule has 0 aliphatic heterocycles. The summed E-state index contributed by atoms with van der Waals surface area (Å²) in [5.74, 6) is 0.872. The third-order valence-electron chi connectivity index (χ3n) is 2.48. The molecule has 2 aromatic carbocycles. The summed E-state index contributed by atoms with van der Waals surface area (Å²) in [7, 11) is 1.46. The zero-order valence-electron chi connectivity index (χ0n) is 9.91. The monoisotopic (exact) mass is 246 g/mol. The number of para-hydroxylation sites is 1. The Labute approximate surface area is 105 Å². The highest BCUT2D eigenvalue weighted by Crippen LogP contribution is 2.29. The van der Waals surface area contributed by atoms with Crippen molar-refractivity contribution >= 4 is 0 Å². The Morgan fingerprint density at radius 3 is 2.39 bits per heavy atom. The van der Waals surface area contributed by atoms with Crippen LogP contribution in [0.15, 0.2) is 48.5 Å². The zero-order valence-corrected chi connectivity index (χ0v) is 9.91. The number of hydrogen-bond acceptors (Lipinski definition) is 4. The normalized spacial score (nSPS) is 11.9. The van der Waals surface area contributed by atoms with E-state index in [1.807, 2.05) is 18.2 Å². The molecule has 0 saturated heterocycles. The predicted molar refractivity (Wildman–Crippen MR) is 66.7 cm³/mol. The third kappa shape index (κ3) is 2.73. The first-order valence-electron chi connectivity index (χ1n) is 5.47. The first-order chi connectivity index (χ1) is 8.70. The lowest BCUT2D eigenvalue weighted by Crippen LogP contribution is -2.06. The van der Waals surface area contributed by atoms with Gasteiger partial charge >= 0.3 is 0 Å². The molecule has 1 unspecified atom stereocenters.